The summed E-state index contributed by atoms with van der Waals surface area (Å²) < 4.78 is 10.5. The van der Waals surface area contributed by atoms with E-state index in [0.29, 0.717) is 0 Å². The van der Waals surface area contributed by atoms with Gasteiger partial charge in [0.2, 0.25) is 0 Å². The van der Waals surface area contributed by atoms with Crippen LogP contribution in [0.5, 0.6) is 0 Å². The van der Waals surface area contributed by atoms with Crippen molar-refractivity contribution in [2.75, 3.05) is 51.2 Å². The van der Waals surface area contributed by atoms with E-state index in [1.54, 1.807) is 7.11 Å². The molecule has 0 aliphatic carbocycles. The lowest BCUT2D eigenvalue weighted by Crippen LogP contribution is -2.22. The summed E-state index contributed by atoms with van der Waals surface area (Å²) in [5.41, 5.74) is 7.64. The molecule has 1 aromatic carbocycles. The van der Waals surface area contributed by atoms with Gasteiger partial charge < -0.3 is 20.1 Å². The molecule has 0 heterocycles. The van der Waals surface area contributed by atoms with E-state index in [4.69, 9.17) is 15.2 Å². The fourth-order valence-corrected chi connectivity index (χ4v) is 1.50. The molecule has 0 radical (unpaired) electrons. The van der Waals surface area contributed by atoms with Crippen molar-refractivity contribution < 1.29 is 9.47 Å². The largest absolute Gasteiger partial charge is 0.399 e. The first-order chi connectivity index (χ1) is 8.24. The summed E-state index contributed by atoms with van der Waals surface area (Å²) >= 11 is 0. The van der Waals surface area contributed by atoms with Crippen LogP contribution in [0.4, 0.5) is 11.4 Å². The van der Waals surface area contributed by atoms with E-state index in [2.05, 4.69) is 4.90 Å². The molecular formula is C13H22N2O2. The molecule has 0 aliphatic heterocycles. The Hall–Kier alpha value is -1.26. The van der Waals surface area contributed by atoms with Crippen LogP contribution in [0.15, 0.2) is 24.3 Å². The number of nitrogens with zero attached hydrogens (tertiary/aromatic N) is 1. The van der Waals surface area contributed by atoms with Gasteiger partial charge in [-0.2, -0.15) is 0 Å². The number of hydrogen-bond donors (Lipinski definition) is 1. The van der Waals surface area contributed by atoms with Crippen LogP contribution >= 0.6 is 0 Å². The molecular weight excluding hydrogens is 216 g/mol. The van der Waals surface area contributed by atoms with Crippen LogP contribution in [-0.2, 0) is 9.47 Å². The van der Waals surface area contributed by atoms with E-state index < -0.39 is 0 Å². The molecule has 0 bridgehead atoms. The lowest BCUT2D eigenvalue weighted by Gasteiger charge is -2.19. The molecule has 0 spiro atoms. The Labute approximate surface area is 103 Å². The third-order valence-electron chi connectivity index (χ3n) is 2.52. The van der Waals surface area contributed by atoms with Crippen LogP contribution in [0, 0.1) is 0 Å². The van der Waals surface area contributed by atoms with Gasteiger partial charge >= 0.3 is 0 Å². The third kappa shape index (κ3) is 5.56. The number of ether oxygens (including phenoxy) is 2. The minimum absolute atomic E-state index is 0.717. The molecule has 4 nitrogen and oxygen atoms in total. The molecule has 17 heavy (non-hydrogen) atoms. The Kier molecular flexibility index (Phi) is 6.43. The SMILES string of the molecule is COCCCOCCN(C)c1cccc(N)c1. The van der Waals surface area contributed by atoms with Crippen molar-refractivity contribution in [3.8, 4) is 0 Å². The molecule has 0 saturated carbocycles. The van der Waals surface area contributed by atoms with Crippen LogP contribution in [0.3, 0.4) is 0 Å². The summed E-state index contributed by atoms with van der Waals surface area (Å²) in [6, 6.07) is 7.85. The van der Waals surface area contributed by atoms with E-state index in [9.17, 15) is 0 Å². The maximum atomic E-state index is 5.73. The molecule has 0 unspecified atom stereocenters. The Morgan fingerprint density at radius 1 is 1.24 bits per heavy atom. The van der Waals surface area contributed by atoms with Crippen LogP contribution in [0.25, 0.3) is 0 Å². The monoisotopic (exact) mass is 238 g/mol. The van der Waals surface area contributed by atoms with Gasteiger partial charge in [-0.1, -0.05) is 6.07 Å². The van der Waals surface area contributed by atoms with Crippen LogP contribution < -0.4 is 10.6 Å². The Morgan fingerprint density at radius 3 is 2.76 bits per heavy atom. The number of nitrogen functional groups attached to an aromatic ring is 1. The van der Waals surface area contributed by atoms with Gasteiger partial charge in [0.05, 0.1) is 6.61 Å². The van der Waals surface area contributed by atoms with Crippen molar-refractivity contribution in [1.29, 1.82) is 0 Å². The van der Waals surface area contributed by atoms with Crippen molar-refractivity contribution in [2.24, 2.45) is 0 Å². The summed E-state index contributed by atoms with van der Waals surface area (Å²) in [4.78, 5) is 2.13. The molecule has 4 heteroatoms. The van der Waals surface area contributed by atoms with Crippen molar-refractivity contribution in [3.63, 3.8) is 0 Å². The number of nitrogens with two attached hydrogens (primary N) is 1. The fraction of sp³-hybridized carbons (Fsp3) is 0.538. The van der Waals surface area contributed by atoms with Crippen molar-refractivity contribution in [1.82, 2.24) is 0 Å². The number of benzene rings is 1. The highest BCUT2D eigenvalue weighted by Gasteiger charge is 2.00. The number of rotatable bonds is 8. The second-order valence-corrected chi connectivity index (χ2v) is 3.98. The average molecular weight is 238 g/mol. The molecule has 0 saturated heterocycles. The molecule has 0 aliphatic rings. The minimum atomic E-state index is 0.717. The van der Waals surface area contributed by atoms with Crippen LogP contribution in [0.1, 0.15) is 6.42 Å². The Morgan fingerprint density at radius 2 is 2.06 bits per heavy atom. The summed E-state index contributed by atoms with van der Waals surface area (Å²) in [7, 11) is 3.74. The summed E-state index contributed by atoms with van der Waals surface area (Å²) in [6.45, 7) is 3.08. The second-order valence-electron chi connectivity index (χ2n) is 3.98. The third-order valence-corrected chi connectivity index (χ3v) is 2.52. The number of methoxy groups -OCH3 is 1. The quantitative estimate of drug-likeness (QED) is 0.554. The second kappa shape index (κ2) is 7.92. The summed E-state index contributed by atoms with van der Waals surface area (Å²) in [5, 5.41) is 0. The molecule has 0 fully saturated rings. The van der Waals surface area contributed by atoms with Crippen molar-refractivity contribution in [3.05, 3.63) is 24.3 Å². The molecule has 96 valence electrons. The fourth-order valence-electron chi connectivity index (χ4n) is 1.50. The van der Waals surface area contributed by atoms with Crippen molar-refractivity contribution >= 4 is 11.4 Å². The van der Waals surface area contributed by atoms with Crippen LogP contribution in [0.2, 0.25) is 0 Å². The molecule has 0 atom stereocenters. The highest BCUT2D eigenvalue weighted by molar-refractivity contribution is 5.55. The van der Waals surface area contributed by atoms with E-state index in [0.717, 1.165) is 44.2 Å². The lowest BCUT2D eigenvalue weighted by molar-refractivity contribution is 0.107. The molecule has 2 N–H and O–H groups in total. The first-order valence-electron chi connectivity index (χ1n) is 5.87. The zero-order valence-electron chi connectivity index (χ0n) is 10.7. The Balaban J connectivity index is 2.19. The van der Waals surface area contributed by atoms with Crippen LogP contribution in [-0.4, -0.2) is 40.5 Å². The number of anilines is 2. The van der Waals surface area contributed by atoms with Gasteiger partial charge in [0, 0.05) is 45.3 Å². The van der Waals surface area contributed by atoms with Gasteiger partial charge in [0.1, 0.15) is 0 Å². The van der Waals surface area contributed by atoms with Gasteiger partial charge in [-0.3, -0.25) is 0 Å². The Bertz CT molecular complexity index is 318. The molecule has 0 aromatic heterocycles. The van der Waals surface area contributed by atoms with E-state index in [-0.39, 0.29) is 0 Å². The molecule has 1 rings (SSSR count). The number of likely N-dealkylation sites (N-methyl/N-ethyl adjacent to an activating group) is 1. The summed E-state index contributed by atoms with van der Waals surface area (Å²) in [5.74, 6) is 0. The molecule has 0 amide bonds. The van der Waals surface area contributed by atoms with Gasteiger partial charge in [-0.15, -0.1) is 0 Å². The maximum Gasteiger partial charge on any atom is 0.0641 e. The first kappa shape index (κ1) is 13.8. The topological polar surface area (TPSA) is 47.7 Å². The predicted octanol–water partition coefficient (Wildman–Crippen LogP) is 1.76. The zero-order valence-corrected chi connectivity index (χ0v) is 10.7. The zero-order chi connectivity index (χ0) is 12.5. The lowest BCUT2D eigenvalue weighted by atomic mass is 10.2. The number of hydrogen-bond acceptors (Lipinski definition) is 4. The smallest absolute Gasteiger partial charge is 0.0641 e. The highest BCUT2D eigenvalue weighted by atomic mass is 16.5. The first-order valence-corrected chi connectivity index (χ1v) is 5.87. The van der Waals surface area contributed by atoms with Gasteiger partial charge in [-0.05, 0) is 24.6 Å². The highest BCUT2D eigenvalue weighted by Crippen LogP contribution is 2.15. The van der Waals surface area contributed by atoms with Gasteiger partial charge in [-0.25, -0.2) is 0 Å². The van der Waals surface area contributed by atoms with E-state index in [1.807, 2.05) is 31.3 Å². The molecule has 1 aromatic rings. The average Bonchev–Trinajstić information content (AvgIpc) is 2.33. The van der Waals surface area contributed by atoms with E-state index in [1.165, 1.54) is 0 Å². The predicted molar refractivity (Wildman–Crippen MR) is 71.4 cm³/mol. The van der Waals surface area contributed by atoms with E-state index >= 15 is 0 Å². The van der Waals surface area contributed by atoms with Gasteiger partial charge in [0.15, 0.2) is 0 Å². The minimum Gasteiger partial charge on any atom is -0.399 e. The van der Waals surface area contributed by atoms with Crippen molar-refractivity contribution in [2.45, 2.75) is 6.42 Å². The normalized spacial score (nSPS) is 10.5. The summed E-state index contributed by atoms with van der Waals surface area (Å²) in [6.07, 6.45) is 0.943. The maximum absolute atomic E-state index is 5.73. The standard InChI is InChI=1S/C13H22N2O2/c1-15(7-10-17-9-4-8-16-2)13-6-3-5-12(14)11-13/h3,5-6,11H,4,7-10,14H2,1-2H3. The van der Waals surface area contributed by atoms with Gasteiger partial charge in [0.25, 0.3) is 0 Å².